The molecule has 1 aliphatic heterocycles. The van der Waals surface area contributed by atoms with Crippen molar-refractivity contribution in [3.05, 3.63) is 0 Å². The smallest absolute Gasteiger partial charge is 0.220 e. The van der Waals surface area contributed by atoms with Crippen LogP contribution < -0.4 is 0 Å². The molecule has 4 nitrogen and oxygen atoms in total. The van der Waals surface area contributed by atoms with E-state index in [0.717, 1.165) is 44.4 Å². The molecule has 0 aromatic heterocycles. The van der Waals surface area contributed by atoms with Crippen LogP contribution in [0.2, 0.25) is 0 Å². The molecule has 0 saturated carbocycles. The van der Waals surface area contributed by atoms with Crippen molar-refractivity contribution < 1.29 is 0 Å². The minimum Gasteiger partial charge on any atom is -0.339 e. The number of likely N-dealkylation sites (N-methyl/N-ethyl adjacent to an activating group) is 1. The lowest BCUT2D eigenvalue weighted by Gasteiger charge is -2.33. The molecular formula is C11H22N4. The predicted molar refractivity (Wildman–Crippen MR) is 65.8 cm³/mol. The van der Waals surface area contributed by atoms with E-state index in [1.54, 1.807) is 0 Å². The SMILES string of the molecule is CCN=C(N=C(C)C)N1CCN(C)CC1. The van der Waals surface area contributed by atoms with Gasteiger partial charge in [-0.15, -0.1) is 0 Å². The van der Waals surface area contributed by atoms with Gasteiger partial charge in [-0.1, -0.05) is 0 Å². The highest BCUT2D eigenvalue weighted by atomic mass is 15.3. The lowest BCUT2D eigenvalue weighted by Crippen LogP contribution is -2.46. The average Bonchev–Trinajstić information content (AvgIpc) is 2.17. The van der Waals surface area contributed by atoms with Gasteiger partial charge in [0.2, 0.25) is 5.96 Å². The third-order valence-corrected chi connectivity index (χ3v) is 2.41. The van der Waals surface area contributed by atoms with Gasteiger partial charge in [-0.25, -0.2) is 4.99 Å². The Morgan fingerprint density at radius 1 is 1.13 bits per heavy atom. The summed E-state index contributed by atoms with van der Waals surface area (Å²) in [6.45, 7) is 11.2. The summed E-state index contributed by atoms with van der Waals surface area (Å²) in [5, 5.41) is 0. The van der Waals surface area contributed by atoms with E-state index < -0.39 is 0 Å². The molecule has 86 valence electrons. The molecule has 15 heavy (non-hydrogen) atoms. The Kier molecular flexibility index (Phi) is 4.75. The molecule has 0 bridgehead atoms. The summed E-state index contributed by atoms with van der Waals surface area (Å²) in [5.74, 6) is 0.908. The molecule has 1 fully saturated rings. The lowest BCUT2D eigenvalue weighted by molar-refractivity contribution is 0.214. The third-order valence-electron chi connectivity index (χ3n) is 2.41. The van der Waals surface area contributed by atoms with Gasteiger partial charge >= 0.3 is 0 Å². The van der Waals surface area contributed by atoms with Gasteiger partial charge in [-0.2, -0.15) is 0 Å². The van der Waals surface area contributed by atoms with E-state index >= 15 is 0 Å². The fourth-order valence-electron chi connectivity index (χ4n) is 1.55. The molecule has 0 radical (unpaired) electrons. The molecule has 0 atom stereocenters. The Labute approximate surface area is 92.7 Å². The highest BCUT2D eigenvalue weighted by Crippen LogP contribution is 2.02. The van der Waals surface area contributed by atoms with Crippen LogP contribution in [0.25, 0.3) is 0 Å². The van der Waals surface area contributed by atoms with Crippen LogP contribution in [0, 0.1) is 0 Å². The van der Waals surface area contributed by atoms with E-state index in [9.17, 15) is 0 Å². The molecule has 1 rings (SSSR count). The lowest BCUT2D eigenvalue weighted by atomic mass is 10.3. The van der Waals surface area contributed by atoms with Crippen LogP contribution in [0.3, 0.4) is 0 Å². The highest BCUT2D eigenvalue weighted by molar-refractivity contribution is 5.94. The van der Waals surface area contributed by atoms with Gasteiger partial charge in [0.05, 0.1) is 0 Å². The Balaban J connectivity index is 2.65. The summed E-state index contributed by atoms with van der Waals surface area (Å²) >= 11 is 0. The maximum atomic E-state index is 4.49. The second-order valence-electron chi connectivity index (χ2n) is 4.12. The van der Waals surface area contributed by atoms with Crippen molar-refractivity contribution in [1.29, 1.82) is 0 Å². The van der Waals surface area contributed by atoms with Crippen molar-refractivity contribution in [3.8, 4) is 0 Å². The highest BCUT2D eigenvalue weighted by Gasteiger charge is 2.16. The first-order chi connectivity index (χ1) is 7.13. The van der Waals surface area contributed by atoms with Gasteiger partial charge in [-0.05, 0) is 27.8 Å². The Hall–Kier alpha value is -0.900. The zero-order valence-corrected chi connectivity index (χ0v) is 10.3. The number of piperazine rings is 1. The topological polar surface area (TPSA) is 31.2 Å². The summed E-state index contributed by atoms with van der Waals surface area (Å²) in [6, 6.07) is 0. The van der Waals surface area contributed by atoms with Crippen molar-refractivity contribution >= 4 is 11.7 Å². The molecule has 0 aromatic rings. The van der Waals surface area contributed by atoms with E-state index in [4.69, 9.17) is 0 Å². The average molecular weight is 210 g/mol. The molecular weight excluding hydrogens is 188 g/mol. The molecule has 0 N–H and O–H groups in total. The van der Waals surface area contributed by atoms with Crippen LogP contribution in [-0.4, -0.2) is 61.2 Å². The van der Waals surface area contributed by atoms with Crippen molar-refractivity contribution in [1.82, 2.24) is 9.80 Å². The van der Waals surface area contributed by atoms with Gasteiger partial charge in [0.1, 0.15) is 0 Å². The van der Waals surface area contributed by atoms with Crippen LogP contribution in [0.1, 0.15) is 20.8 Å². The fourth-order valence-corrected chi connectivity index (χ4v) is 1.55. The summed E-state index contributed by atoms with van der Waals surface area (Å²) in [5.41, 5.74) is 1.07. The first kappa shape index (κ1) is 12.2. The van der Waals surface area contributed by atoms with Crippen molar-refractivity contribution in [3.63, 3.8) is 0 Å². The number of aliphatic imine (C=N–C) groups is 2. The first-order valence-electron chi connectivity index (χ1n) is 5.63. The van der Waals surface area contributed by atoms with Gasteiger partial charge in [0.25, 0.3) is 0 Å². The molecule has 0 aromatic carbocycles. The number of hydrogen-bond donors (Lipinski definition) is 0. The van der Waals surface area contributed by atoms with Gasteiger partial charge in [0, 0.05) is 38.4 Å². The van der Waals surface area contributed by atoms with E-state index in [2.05, 4.69) is 33.8 Å². The Bertz CT molecular complexity index is 245. The Morgan fingerprint density at radius 2 is 1.73 bits per heavy atom. The largest absolute Gasteiger partial charge is 0.339 e. The van der Waals surface area contributed by atoms with E-state index in [-0.39, 0.29) is 0 Å². The van der Waals surface area contributed by atoms with Crippen LogP contribution in [0.5, 0.6) is 0 Å². The Morgan fingerprint density at radius 3 is 2.20 bits per heavy atom. The van der Waals surface area contributed by atoms with Gasteiger partial charge < -0.3 is 9.80 Å². The molecule has 1 heterocycles. The molecule has 0 aliphatic carbocycles. The van der Waals surface area contributed by atoms with Crippen LogP contribution in [0.4, 0.5) is 0 Å². The normalized spacial score (nSPS) is 19.2. The summed E-state index contributed by atoms with van der Waals surface area (Å²) < 4.78 is 0. The number of guanidine groups is 1. The molecule has 1 saturated heterocycles. The quantitative estimate of drug-likeness (QED) is 0.479. The van der Waals surface area contributed by atoms with Gasteiger partial charge in [0.15, 0.2) is 0 Å². The molecule has 0 amide bonds. The molecule has 1 aliphatic rings. The van der Waals surface area contributed by atoms with Crippen molar-refractivity contribution in [2.75, 3.05) is 39.8 Å². The second-order valence-corrected chi connectivity index (χ2v) is 4.12. The molecule has 4 heteroatoms. The predicted octanol–water partition coefficient (Wildman–Crippen LogP) is 1.09. The van der Waals surface area contributed by atoms with Gasteiger partial charge in [-0.3, -0.25) is 4.99 Å². The maximum absolute atomic E-state index is 4.49. The summed E-state index contributed by atoms with van der Waals surface area (Å²) in [7, 11) is 2.16. The minimum atomic E-state index is 0.804. The zero-order valence-electron chi connectivity index (χ0n) is 10.3. The number of hydrogen-bond acceptors (Lipinski definition) is 2. The monoisotopic (exact) mass is 210 g/mol. The second kappa shape index (κ2) is 5.85. The van der Waals surface area contributed by atoms with Crippen LogP contribution in [0.15, 0.2) is 9.98 Å². The number of rotatable bonds is 1. The first-order valence-corrected chi connectivity index (χ1v) is 5.63. The molecule has 0 unspecified atom stereocenters. The third kappa shape index (κ3) is 4.00. The van der Waals surface area contributed by atoms with Crippen LogP contribution in [-0.2, 0) is 0 Å². The summed E-state index contributed by atoms with van der Waals surface area (Å²) in [4.78, 5) is 13.5. The van der Waals surface area contributed by atoms with E-state index in [1.807, 2.05) is 13.8 Å². The van der Waals surface area contributed by atoms with Crippen LogP contribution >= 0.6 is 0 Å². The standard InChI is InChI=1S/C11H22N4/c1-5-12-11(13-10(2)3)15-8-6-14(4)7-9-15/h5-9H2,1-4H3. The van der Waals surface area contributed by atoms with Crippen molar-refractivity contribution in [2.24, 2.45) is 9.98 Å². The fraction of sp³-hybridized carbons (Fsp3) is 0.818. The minimum absolute atomic E-state index is 0.804. The zero-order chi connectivity index (χ0) is 11.3. The maximum Gasteiger partial charge on any atom is 0.220 e. The van der Waals surface area contributed by atoms with E-state index in [1.165, 1.54) is 0 Å². The van der Waals surface area contributed by atoms with Crippen molar-refractivity contribution in [2.45, 2.75) is 20.8 Å². The molecule has 0 spiro atoms. The summed E-state index contributed by atoms with van der Waals surface area (Å²) in [6.07, 6.45) is 0. The van der Waals surface area contributed by atoms with E-state index in [0.29, 0.717) is 0 Å². The number of nitrogens with zero attached hydrogens (tertiary/aromatic N) is 4.